The van der Waals surface area contributed by atoms with Crippen LogP contribution >= 0.6 is 0 Å². The first-order valence-corrected chi connectivity index (χ1v) is 35.3. The standard InChI is InChI=1S/C69H84FN13O18S/c1-8-69(97)49-27-53-62-47(32-83(53)65(94)48(49)38-100-66(69)95)60-51(17-16-46-40(4)50(70)28-52(75-62)59(46)60)76-68(96)101-37-43-14-15-45(74-63(92)41(5)73-64(93)61(39(2)3)77-54(84)13-11-9-10-12-42-29-71-67(72-30-42)102(7,98)99)26-44(43)31-78(6)55(85)33-79-18-20-80(34-56(86)87)22-24-82(36-58(90)91)25-23-81(21-19-79)35-57(88)89/h14-15,26-30,39,41,51,61,97H,8-9,11,13,16-25,31-38H2,1-7H3,(H,73,93)(H,74,92)(H,76,96)(H,77,84)(H,86,87)(H,88,89)(H,90,91)/t41-,51-,61-,69-/m0/s1. The second-order valence-corrected chi connectivity index (χ2v) is 28.2. The number of aromatic nitrogens is 4. The smallest absolute Gasteiger partial charge is 0.407 e. The normalized spacial score (nSPS) is 17.9. The van der Waals surface area contributed by atoms with Crippen LogP contribution < -0.4 is 26.8 Å². The minimum atomic E-state index is -3.59. The van der Waals surface area contributed by atoms with Crippen LogP contribution in [0.4, 0.5) is 14.9 Å². The Bertz CT molecular complexity index is 4340. The van der Waals surface area contributed by atoms with Crippen LogP contribution in [-0.4, -0.2) is 230 Å². The molecule has 0 saturated carbocycles. The lowest BCUT2D eigenvalue weighted by atomic mass is 9.81. The summed E-state index contributed by atoms with van der Waals surface area (Å²) in [5.74, 6) is -1.70. The number of aliphatic carboxylic acids is 3. The number of amides is 5. The van der Waals surface area contributed by atoms with Gasteiger partial charge in [0.25, 0.3) is 5.56 Å². The van der Waals surface area contributed by atoms with E-state index in [4.69, 9.17) is 14.5 Å². The highest BCUT2D eigenvalue weighted by Crippen LogP contribution is 2.46. The van der Waals surface area contributed by atoms with Crippen LogP contribution in [0, 0.1) is 30.5 Å². The number of carboxylic acids is 3. The zero-order chi connectivity index (χ0) is 74.1. The predicted octanol–water partition coefficient (Wildman–Crippen LogP) is 1.87. The summed E-state index contributed by atoms with van der Waals surface area (Å²) < 4.78 is 51.9. The van der Waals surface area contributed by atoms with Crippen molar-refractivity contribution in [2.24, 2.45) is 5.92 Å². The number of pyridine rings is 2. The van der Waals surface area contributed by atoms with Crippen molar-refractivity contribution in [2.75, 3.05) is 97.2 Å². The van der Waals surface area contributed by atoms with E-state index in [1.165, 1.54) is 48.0 Å². The molecule has 3 aliphatic heterocycles. The van der Waals surface area contributed by atoms with E-state index in [2.05, 4.69) is 43.1 Å². The molecule has 5 amide bonds. The summed E-state index contributed by atoms with van der Waals surface area (Å²) in [5.41, 5.74) is 1.86. The summed E-state index contributed by atoms with van der Waals surface area (Å²) in [6.07, 6.45) is 3.73. The van der Waals surface area contributed by atoms with Gasteiger partial charge in [-0.05, 0) is 91.5 Å². The topological polar surface area (TPSA) is 412 Å². The maximum Gasteiger partial charge on any atom is 0.407 e. The third-order valence-electron chi connectivity index (χ3n) is 18.6. The maximum atomic E-state index is 15.8. The van der Waals surface area contributed by atoms with Crippen molar-refractivity contribution in [1.29, 1.82) is 0 Å². The highest BCUT2D eigenvalue weighted by molar-refractivity contribution is 7.90. The Morgan fingerprint density at radius 1 is 0.824 bits per heavy atom. The number of carbonyl (C=O) groups is 9. The highest BCUT2D eigenvalue weighted by atomic mass is 32.2. The number of sulfone groups is 1. The summed E-state index contributed by atoms with van der Waals surface area (Å²) in [6.45, 7) is 7.03. The first kappa shape index (κ1) is 76.3. The van der Waals surface area contributed by atoms with Crippen molar-refractivity contribution in [3.05, 3.63) is 109 Å². The SMILES string of the molecule is CC[C@@]1(O)C(=O)OCc2c1cc1n(c2=O)Cc2c-1nc1cc(F)c(C)c3c1c2[C@@H](NC(=O)OCc1ccc(NC(=O)[C@H](C)NC(=O)[C@@H](NC(=O)CCCC#Cc2cnc(S(C)(=O)=O)nc2)C(C)C)cc1CN(C)C(=O)CN1CCN(CC(=O)O)CCN(CC(=O)O)CCN(CC(=O)O)CC1)CC3. The van der Waals surface area contributed by atoms with Gasteiger partial charge >= 0.3 is 30.0 Å². The number of benzene rings is 2. The van der Waals surface area contributed by atoms with Crippen molar-refractivity contribution in [3.8, 4) is 23.2 Å². The Labute approximate surface area is 587 Å². The number of hydrogen-bond acceptors (Lipinski definition) is 22. The molecule has 0 unspecified atom stereocenters. The summed E-state index contributed by atoms with van der Waals surface area (Å²) in [6, 6.07) is 4.47. The van der Waals surface area contributed by atoms with Gasteiger partial charge in [-0.2, -0.15) is 0 Å². The lowest BCUT2D eigenvalue weighted by Crippen LogP contribution is -2.53. The molecule has 8 N–H and O–H groups in total. The first-order chi connectivity index (χ1) is 48.3. The molecule has 3 aromatic heterocycles. The molecule has 0 radical (unpaired) electrons. The van der Waals surface area contributed by atoms with Gasteiger partial charge in [-0.15, -0.1) is 0 Å². The number of aliphatic hydroxyl groups is 1. The average molecular weight is 1430 g/mol. The van der Waals surface area contributed by atoms with Gasteiger partial charge in [0, 0.05) is 126 Å². The Morgan fingerprint density at radius 2 is 1.43 bits per heavy atom. The summed E-state index contributed by atoms with van der Waals surface area (Å²) >= 11 is 0. The molecule has 4 aliphatic rings. The zero-order valence-electron chi connectivity index (χ0n) is 57.7. The predicted molar refractivity (Wildman–Crippen MR) is 364 cm³/mol. The Balaban J connectivity index is 0.934. The first-order valence-electron chi connectivity index (χ1n) is 33.4. The van der Waals surface area contributed by atoms with Crippen LogP contribution in [0.2, 0.25) is 0 Å². The third kappa shape index (κ3) is 18.4. The number of unbranched alkanes of at least 4 members (excludes halogenated alkanes) is 1. The van der Waals surface area contributed by atoms with Gasteiger partial charge in [-0.3, -0.25) is 58.0 Å². The molecule has 31 nitrogen and oxygen atoms in total. The summed E-state index contributed by atoms with van der Waals surface area (Å²) in [7, 11) is -2.07. The molecule has 1 saturated heterocycles. The molecule has 0 spiro atoms. The number of aryl methyl sites for hydroxylation is 1. The number of rotatable bonds is 24. The fourth-order valence-electron chi connectivity index (χ4n) is 12.9. The number of anilines is 1. The van der Waals surface area contributed by atoms with Gasteiger partial charge < -0.3 is 60.6 Å². The quantitative estimate of drug-likeness (QED) is 0.0186. The second-order valence-electron chi connectivity index (χ2n) is 26.3. The summed E-state index contributed by atoms with van der Waals surface area (Å²) in [4.78, 5) is 153. The van der Waals surface area contributed by atoms with Gasteiger partial charge in [0.05, 0.1) is 66.8 Å². The number of hydrogen-bond donors (Lipinski definition) is 8. The number of cyclic esters (lactones) is 1. The summed E-state index contributed by atoms with van der Waals surface area (Å²) in [5, 5.41) is 52.3. The number of carbonyl (C=O) groups excluding carboxylic acids is 6. The number of fused-ring (bicyclic) bond motifs is 5. The van der Waals surface area contributed by atoms with Crippen LogP contribution in [-0.2, 0) is 96.0 Å². The minimum absolute atomic E-state index is 0.00255. The van der Waals surface area contributed by atoms with Crippen molar-refractivity contribution < 1.29 is 85.9 Å². The van der Waals surface area contributed by atoms with Gasteiger partial charge in [-0.25, -0.2) is 37.3 Å². The van der Waals surface area contributed by atoms with Crippen LogP contribution in [0.5, 0.6) is 0 Å². The van der Waals surface area contributed by atoms with Gasteiger partial charge in [0.2, 0.25) is 38.6 Å². The van der Waals surface area contributed by atoms with E-state index in [1.54, 1.807) is 65.5 Å². The van der Waals surface area contributed by atoms with E-state index in [1.807, 2.05) is 0 Å². The highest BCUT2D eigenvalue weighted by Gasteiger charge is 2.46. The second kappa shape index (κ2) is 32.9. The Kier molecular flexibility index (Phi) is 24.6. The van der Waals surface area contributed by atoms with Crippen LogP contribution in [0.15, 0.2) is 52.7 Å². The molecule has 1 fully saturated rings. The molecule has 4 atom stereocenters. The maximum absolute atomic E-state index is 15.8. The number of ether oxygens (including phenoxy) is 2. The Hall–Kier alpha value is -9.85. The molecule has 546 valence electrons. The number of likely N-dealkylation sites (N-methyl/N-ethyl adjacent to an activating group) is 1. The zero-order valence-corrected chi connectivity index (χ0v) is 58.5. The van der Waals surface area contributed by atoms with Crippen molar-refractivity contribution in [1.82, 2.24) is 60.0 Å². The lowest BCUT2D eigenvalue weighted by Gasteiger charge is -2.33. The molecule has 33 heteroatoms. The van der Waals surface area contributed by atoms with Gasteiger partial charge in [0.15, 0.2) is 5.60 Å². The molecular weight excluding hydrogens is 1350 g/mol. The minimum Gasteiger partial charge on any atom is -0.480 e. The molecular formula is C69H84FN13O18S. The molecule has 6 heterocycles. The number of nitrogens with one attached hydrogen (secondary N) is 4. The van der Waals surface area contributed by atoms with Crippen molar-refractivity contribution >= 4 is 80.0 Å². The fourth-order valence-corrected chi connectivity index (χ4v) is 13.4. The number of nitrogens with zero attached hydrogens (tertiary/aromatic N) is 9. The van der Waals surface area contributed by atoms with E-state index in [9.17, 15) is 76.8 Å². The number of carboxylic acid groups (broad SMARTS) is 3. The number of alkyl carbamates (subject to hydrolysis) is 1. The molecule has 1 aliphatic carbocycles. The molecule has 2 aromatic carbocycles. The van der Waals surface area contributed by atoms with E-state index in [-0.39, 0.29) is 157 Å². The fraction of sp³-hybridized carbons (Fsp3) is 0.493. The third-order valence-corrected chi connectivity index (χ3v) is 19.5. The van der Waals surface area contributed by atoms with Crippen molar-refractivity contribution in [3.63, 3.8) is 0 Å². The number of halogens is 1. The molecule has 5 aromatic rings. The van der Waals surface area contributed by atoms with E-state index >= 15 is 4.39 Å². The monoisotopic (exact) mass is 1430 g/mol. The molecule has 0 bridgehead atoms. The van der Waals surface area contributed by atoms with Gasteiger partial charge in [-0.1, -0.05) is 38.7 Å². The van der Waals surface area contributed by atoms with Crippen LogP contribution in [0.1, 0.15) is 116 Å². The molecule has 102 heavy (non-hydrogen) atoms. The Morgan fingerprint density at radius 3 is 2.01 bits per heavy atom. The van der Waals surface area contributed by atoms with Crippen LogP contribution in [0.25, 0.3) is 22.3 Å². The van der Waals surface area contributed by atoms with E-state index in [0.717, 1.165) is 6.26 Å². The van der Waals surface area contributed by atoms with Gasteiger partial charge in [0.1, 0.15) is 31.1 Å². The average Bonchev–Trinajstić information content (AvgIpc) is 1.47. The molecule has 9 rings (SSSR count). The van der Waals surface area contributed by atoms with E-state index < -0.39 is 111 Å². The van der Waals surface area contributed by atoms with Crippen molar-refractivity contribution in [2.45, 2.75) is 128 Å². The van der Waals surface area contributed by atoms with Crippen LogP contribution in [0.3, 0.4) is 0 Å². The number of esters is 1. The largest absolute Gasteiger partial charge is 0.480 e. The van der Waals surface area contributed by atoms with E-state index in [0.29, 0.717) is 62.9 Å². The lowest BCUT2D eigenvalue weighted by molar-refractivity contribution is -0.172.